The average Bonchev–Trinajstić information content (AvgIpc) is 2.27. The Morgan fingerprint density at radius 1 is 1.21 bits per heavy atom. The van der Waals surface area contributed by atoms with Crippen molar-refractivity contribution in [3.63, 3.8) is 0 Å². The number of alkyl halides is 3. The predicted molar refractivity (Wildman–Crippen MR) is 64.2 cm³/mol. The van der Waals surface area contributed by atoms with Crippen LogP contribution in [0.25, 0.3) is 0 Å². The van der Waals surface area contributed by atoms with Gasteiger partial charge in [0.1, 0.15) is 6.54 Å². The summed E-state index contributed by atoms with van der Waals surface area (Å²) in [7, 11) is 1.05. The van der Waals surface area contributed by atoms with Crippen molar-refractivity contribution in [3.8, 4) is 0 Å². The van der Waals surface area contributed by atoms with Crippen molar-refractivity contribution in [1.29, 1.82) is 0 Å². The zero-order valence-corrected chi connectivity index (χ0v) is 10.4. The van der Waals surface area contributed by atoms with Gasteiger partial charge in [-0.25, -0.2) is 4.79 Å². The third-order valence-electron chi connectivity index (χ3n) is 2.31. The lowest BCUT2D eigenvalue weighted by Crippen LogP contribution is -2.38. The number of ketones is 1. The number of Topliss-reactive ketones (excluding diaryl/α,β-unsaturated/α-hetero) is 1. The summed E-state index contributed by atoms with van der Waals surface area (Å²) in [5.41, 5.74) is 0.783. The van der Waals surface area contributed by atoms with Crippen molar-refractivity contribution >= 4 is 17.5 Å². The number of urea groups is 1. The Kier molecular flexibility index (Phi) is 4.52. The van der Waals surface area contributed by atoms with Crippen LogP contribution in [0.3, 0.4) is 0 Å². The summed E-state index contributed by atoms with van der Waals surface area (Å²) in [5, 5.41) is 2.31. The molecule has 0 unspecified atom stereocenters. The van der Waals surface area contributed by atoms with Crippen LogP contribution in [0.15, 0.2) is 24.3 Å². The number of nitrogens with zero attached hydrogens (tertiary/aromatic N) is 1. The minimum atomic E-state index is -4.44. The fourth-order valence-corrected chi connectivity index (χ4v) is 1.35. The molecule has 104 valence electrons. The first-order chi connectivity index (χ1) is 8.69. The molecule has 0 aromatic heterocycles. The van der Waals surface area contributed by atoms with Gasteiger partial charge in [0.25, 0.3) is 0 Å². The lowest BCUT2D eigenvalue weighted by molar-refractivity contribution is -0.137. The summed E-state index contributed by atoms with van der Waals surface area (Å²) in [6.07, 6.45) is -4.44. The van der Waals surface area contributed by atoms with Crippen LogP contribution in [0.4, 0.5) is 23.7 Å². The summed E-state index contributed by atoms with van der Waals surface area (Å²) in [4.78, 5) is 23.0. The second-order valence-corrected chi connectivity index (χ2v) is 4.03. The lowest BCUT2D eigenvalue weighted by Gasteiger charge is -2.19. The Labute approximate surface area is 108 Å². The van der Waals surface area contributed by atoms with E-state index in [1.807, 2.05) is 0 Å². The number of nitrogens with one attached hydrogen (secondary N) is 1. The number of amides is 2. The van der Waals surface area contributed by atoms with Crippen molar-refractivity contribution in [1.82, 2.24) is 4.90 Å². The highest BCUT2D eigenvalue weighted by atomic mass is 19.4. The van der Waals surface area contributed by atoms with E-state index >= 15 is 0 Å². The number of hydrogen-bond donors (Lipinski definition) is 1. The maximum Gasteiger partial charge on any atom is 0.406 e. The van der Waals surface area contributed by atoms with Crippen LogP contribution >= 0.6 is 0 Å². The minimum Gasteiger partial charge on any atom is -0.318 e. The molecule has 1 rings (SSSR count). The number of carbonyl (C=O) groups excluding carboxylic acids is 2. The van der Waals surface area contributed by atoms with Gasteiger partial charge < -0.3 is 10.2 Å². The Bertz CT molecular complexity index is 469. The molecule has 1 aromatic carbocycles. The summed E-state index contributed by atoms with van der Waals surface area (Å²) in [6, 6.07) is 5.02. The molecular weight excluding hydrogens is 261 g/mol. The van der Waals surface area contributed by atoms with E-state index in [-0.39, 0.29) is 5.78 Å². The van der Waals surface area contributed by atoms with E-state index in [0.29, 0.717) is 16.2 Å². The van der Waals surface area contributed by atoms with Gasteiger partial charge in [-0.3, -0.25) is 4.79 Å². The first kappa shape index (κ1) is 15.0. The first-order valence-corrected chi connectivity index (χ1v) is 5.39. The zero-order valence-electron chi connectivity index (χ0n) is 10.4. The summed E-state index contributed by atoms with van der Waals surface area (Å²) in [5.74, 6) is -0.132. The fourth-order valence-electron chi connectivity index (χ4n) is 1.35. The SMILES string of the molecule is CC(=O)c1ccc(NC(=O)N(C)CC(F)(F)F)cc1. The molecule has 0 saturated carbocycles. The number of carbonyl (C=O) groups is 2. The third-order valence-corrected chi connectivity index (χ3v) is 2.31. The van der Waals surface area contributed by atoms with Crippen molar-refractivity contribution in [3.05, 3.63) is 29.8 Å². The Balaban J connectivity index is 2.64. The molecule has 1 aromatic rings. The normalized spacial score (nSPS) is 11.0. The van der Waals surface area contributed by atoms with E-state index in [0.717, 1.165) is 7.05 Å². The number of anilines is 1. The number of rotatable bonds is 3. The van der Waals surface area contributed by atoms with Crippen LogP contribution < -0.4 is 5.32 Å². The van der Waals surface area contributed by atoms with Gasteiger partial charge in [-0.1, -0.05) is 0 Å². The van der Waals surface area contributed by atoms with Gasteiger partial charge in [0.2, 0.25) is 0 Å². The lowest BCUT2D eigenvalue weighted by atomic mass is 10.1. The molecule has 4 nitrogen and oxygen atoms in total. The van der Waals surface area contributed by atoms with Gasteiger partial charge in [-0.15, -0.1) is 0 Å². The molecule has 0 heterocycles. The van der Waals surface area contributed by atoms with Crippen LogP contribution in [0.2, 0.25) is 0 Å². The highest BCUT2D eigenvalue weighted by Gasteiger charge is 2.31. The van der Waals surface area contributed by atoms with Crippen LogP contribution in [-0.2, 0) is 0 Å². The summed E-state index contributed by atoms with van der Waals surface area (Å²) < 4.78 is 36.3. The van der Waals surface area contributed by atoms with Gasteiger partial charge in [-0.05, 0) is 31.2 Å². The number of hydrogen-bond acceptors (Lipinski definition) is 2. The molecule has 0 atom stereocenters. The van der Waals surface area contributed by atoms with Crippen LogP contribution in [0.1, 0.15) is 17.3 Å². The molecule has 0 saturated heterocycles. The van der Waals surface area contributed by atoms with E-state index in [1.165, 1.54) is 31.2 Å². The third kappa shape index (κ3) is 4.99. The smallest absolute Gasteiger partial charge is 0.318 e. The van der Waals surface area contributed by atoms with Crippen LogP contribution in [-0.4, -0.2) is 36.5 Å². The molecule has 0 radical (unpaired) electrons. The Morgan fingerprint density at radius 2 is 1.74 bits per heavy atom. The fraction of sp³-hybridized carbons (Fsp3) is 0.333. The van der Waals surface area contributed by atoms with Crippen LogP contribution in [0.5, 0.6) is 0 Å². The molecule has 19 heavy (non-hydrogen) atoms. The average molecular weight is 274 g/mol. The summed E-state index contributed by atoms with van der Waals surface area (Å²) >= 11 is 0. The maximum atomic E-state index is 12.1. The molecular formula is C12H13F3N2O2. The first-order valence-electron chi connectivity index (χ1n) is 5.39. The van der Waals surface area contributed by atoms with Gasteiger partial charge in [0.15, 0.2) is 5.78 Å². The zero-order chi connectivity index (χ0) is 14.6. The number of benzene rings is 1. The largest absolute Gasteiger partial charge is 0.406 e. The summed E-state index contributed by atoms with van der Waals surface area (Å²) in [6.45, 7) is 0.0645. The molecule has 0 aliphatic carbocycles. The van der Waals surface area contributed by atoms with E-state index < -0.39 is 18.8 Å². The van der Waals surface area contributed by atoms with E-state index in [9.17, 15) is 22.8 Å². The highest BCUT2D eigenvalue weighted by Crippen LogP contribution is 2.16. The van der Waals surface area contributed by atoms with E-state index in [2.05, 4.69) is 5.32 Å². The van der Waals surface area contributed by atoms with Crippen molar-refractivity contribution in [2.45, 2.75) is 13.1 Å². The van der Waals surface area contributed by atoms with Gasteiger partial charge in [-0.2, -0.15) is 13.2 Å². The molecule has 1 N–H and O–H groups in total. The predicted octanol–water partition coefficient (Wildman–Crippen LogP) is 2.92. The van der Waals surface area contributed by atoms with Crippen molar-refractivity contribution in [2.75, 3.05) is 18.9 Å². The highest BCUT2D eigenvalue weighted by molar-refractivity contribution is 5.95. The molecule has 0 fully saturated rings. The molecule has 0 spiro atoms. The molecule has 0 aliphatic heterocycles. The second kappa shape index (κ2) is 5.73. The van der Waals surface area contributed by atoms with E-state index in [4.69, 9.17) is 0 Å². The second-order valence-electron chi connectivity index (χ2n) is 4.03. The Morgan fingerprint density at radius 3 is 2.16 bits per heavy atom. The topological polar surface area (TPSA) is 49.4 Å². The molecule has 7 heteroatoms. The molecule has 0 aliphatic rings. The number of halogens is 3. The van der Waals surface area contributed by atoms with E-state index in [1.54, 1.807) is 0 Å². The quantitative estimate of drug-likeness (QED) is 0.861. The van der Waals surface area contributed by atoms with Crippen molar-refractivity contribution < 1.29 is 22.8 Å². The van der Waals surface area contributed by atoms with Gasteiger partial charge in [0, 0.05) is 18.3 Å². The standard InChI is InChI=1S/C12H13F3N2O2/c1-8(18)9-3-5-10(6-4-9)16-11(19)17(2)7-12(13,14)15/h3-6H,7H2,1-2H3,(H,16,19). The van der Waals surface area contributed by atoms with Crippen molar-refractivity contribution in [2.24, 2.45) is 0 Å². The monoisotopic (exact) mass is 274 g/mol. The molecule has 2 amide bonds. The Hall–Kier alpha value is -2.05. The minimum absolute atomic E-state index is 0.132. The van der Waals surface area contributed by atoms with Crippen LogP contribution in [0, 0.1) is 0 Å². The maximum absolute atomic E-state index is 12.1. The van der Waals surface area contributed by atoms with Gasteiger partial charge >= 0.3 is 12.2 Å². The van der Waals surface area contributed by atoms with Gasteiger partial charge in [0.05, 0.1) is 0 Å². The molecule has 0 bridgehead atoms.